The standard InChI is InChI=1S/C10H18N2O6/c13-3-1-12(2-4-14)10(17)11-8-6-18-5-7(8)9(15)16/h7-8,13-14H,1-6H2,(H,11,17)(H,15,16). The van der Waals surface area contributed by atoms with Crippen LogP contribution in [0.15, 0.2) is 0 Å². The summed E-state index contributed by atoms with van der Waals surface area (Å²) >= 11 is 0. The lowest BCUT2D eigenvalue weighted by Gasteiger charge is -2.24. The van der Waals surface area contributed by atoms with Crippen LogP contribution in [-0.2, 0) is 9.53 Å². The molecule has 4 N–H and O–H groups in total. The number of carbonyl (C=O) groups excluding carboxylic acids is 1. The van der Waals surface area contributed by atoms with Crippen molar-refractivity contribution in [3.8, 4) is 0 Å². The average Bonchev–Trinajstić information content (AvgIpc) is 2.77. The number of carbonyl (C=O) groups is 2. The summed E-state index contributed by atoms with van der Waals surface area (Å²) in [5.41, 5.74) is 0. The highest BCUT2D eigenvalue weighted by atomic mass is 16.5. The molecule has 1 fully saturated rings. The molecular weight excluding hydrogens is 244 g/mol. The molecule has 1 aliphatic heterocycles. The summed E-state index contributed by atoms with van der Waals surface area (Å²) in [6.45, 7) is -0.0710. The highest BCUT2D eigenvalue weighted by Gasteiger charge is 2.35. The number of urea groups is 1. The number of aliphatic hydroxyl groups excluding tert-OH is 2. The monoisotopic (exact) mass is 262 g/mol. The summed E-state index contributed by atoms with van der Waals surface area (Å²) in [6, 6.07) is -1.10. The molecule has 0 aliphatic carbocycles. The molecule has 8 heteroatoms. The summed E-state index contributed by atoms with van der Waals surface area (Å²) < 4.78 is 5.02. The average molecular weight is 262 g/mol. The van der Waals surface area contributed by atoms with E-state index in [0.29, 0.717) is 0 Å². The number of nitrogens with zero attached hydrogens (tertiary/aromatic N) is 1. The smallest absolute Gasteiger partial charge is 0.317 e. The molecule has 18 heavy (non-hydrogen) atoms. The first kappa shape index (κ1) is 14.7. The van der Waals surface area contributed by atoms with Crippen molar-refractivity contribution in [1.82, 2.24) is 10.2 Å². The van der Waals surface area contributed by atoms with Crippen LogP contribution in [0.1, 0.15) is 0 Å². The Morgan fingerprint density at radius 1 is 1.22 bits per heavy atom. The van der Waals surface area contributed by atoms with Gasteiger partial charge in [-0.05, 0) is 0 Å². The maximum absolute atomic E-state index is 11.8. The van der Waals surface area contributed by atoms with Crippen molar-refractivity contribution in [2.24, 2.45) is 5.92 Å². The molecule has 0 spiro atoms. The second-order valence-electron chi connectivity index (χ2n) is 3.97. The third kappa shape index (κ3) is 3.83. The normalized spacial score (nSPS) is 22.8. The highest BCUT2D eigenvalue weighted by molar-refractivity contribution is 5.77. The Kier molecular flexibility index (Phi) is 5.83. The number of aliphatic carboxylic acids is 1. The van der Waals surface area contributed by atoms with Crippen molar-refractivity contribution >= 4 is 12.0 Å². The van der Waals surface area contributed by atoms with Crippen LogP contribution in [0.4, 0.5) is 4.79 Å². The first-order valence-corrected chi connectivity index (χ1v) is 5.67. The Balaban J connectivity index is 2.53. The zero-order valence-electron chi connectivity index (χ0n) is 9.91. The second kappa shape index (κ2) is 7.14. The Bertz CT molecular complexity index is 292. The number of amides is 2. The van der Waals surface area contributed by atoms with E-state index in [1.165, 1.54) is 4.90 Å². The SMILES string of the molecule is O=C(O)C1COCC1NC(=O)N(CCO)CCO. The van der Waals surface area contributed by atoms with Gasteiger partial charge in [0.25, 0.3) is 0 Å². The fraction of sp³-hybridized carbons (Fsp3) is 0.800. The van der Waals surface area contributed by atoms with Gasteiger partial charge >= 0.3 is 12.0 Å². The number of hydrogen-bond acceptors (Lipinski definition) is 5. The van der Waals surface area contributed by atoms with Gasteiger partial charge in [0.2, 0.25) is 0 Å². The van der Waals surface area contributed by atoms with E-state index >= 15 is 0 Å². The predicted octanol–water partition coefficient (Wildman–Crippen LogP) is -1.92. The molecule has 1 rings (SSSR count). The maximum atomic E-state index is 11.8. The summed E-state index contributed by atoms with van der Waals surface area (Å²) in [7, 11) is 0. The highest BCUT2D eigenvalue weighted by Crippen LogP contribution is 2.14. The van der Waals surface area contributed by atoms with Gasteiger partial charge in [-0.15, -0.1) is 0 Å². The summed E-state index contributed by atoms with van der Waals surface area (Å²) in [4.78, 5) is 23.9. The number of nitrogens with one attached hydrogen (secondary N) is 1. The van der Waals surface area contributed by atoms with E-state index in [1.807, 2.05) is 0 Å². The van der Waals surface area contributed by atoms with Gasteiger partial charge in [-0.3, -0.25) is 4.79 Å². The minimum atomic E-state index is -1.02. The lowest BCUT2D eigenvalue weighted by Crippen LogP contribution is -2.50. The molecule has 8 nitrogen and oxygen atoms in total. The minimum Gasteiger partial charge on any atom is -0.481 e. The molecule has 0 aromatic heterocycles. The van der Waals surface area contributed by atoms with Gasteiger partial charge in [-0.2, -0.15) is 0 Å². The molecular formula is C10H18N2O6. The van der Waals surface area contributed by atoms with Crippen LogP contribution in [-0.4, -0.2) is 77.8 Å². The Hall–Kier alpha value is -1.38. The summed E-state index contributed by atoms with van der Waals surface area (Å²) in [5.74, 6) is -1.78. The van der Waals surface area contributed by atoms with Crippen LogP contribution >= 0.6 is 0 Å². The van der Waals surface area contributed by atoms with Gasteiger partial charge < -0.3 is 30.3 Å². The number of rotatable bonds is 6. The van der Waals surface area contributed by atoms with Crippen LogP contribution in [0.5, 0.6) is 0 Å². The first-order valence-electron chi connectivity index (χ1n) is 5.67. The van der Waals surface area contributed by atoms with E-state index in [-0.39, 0.29) is 39.5 Å². The van der Waals surface area contributed by atoms with E-state index in [4.69, 9.17) is 20.1 Å². The second-order valence-corrected chi connectivity index (χ2v) is 3.97. The largest absolute Gasteiger partial charge is 0.481 e. The van der Waals surface area contributed by atoms with Crippen molar-refractivity contribution in [1.29, 1.82) is 0 Å². The molecule has 0 aromatic carbocycles. The molecule has 2 unspecified atom stereocenters. The molecule has 2 amide bonds. The number of ether oxygens (including phenoxy) is 1. The Labute approximate surface area is 104 Å². The van der Waals surface area contributed by atoms with Gasteiger partial charge in [0.1, 0.15) is 5.92 Å². The van der Waals surface area contributed by atoms with Crippen LogP contribution < -0.4 is 5.32 Å². The molecule has 2 atom stereocenters. The van der Waals surface area contributed by atoms with Gasteiger partial charge in [0, 0.05) is 13.1 Å². The molecule has 0 radical (unpaired) electrons. The summed E-state index contributed by atoms with van der Waals surface area (Å²) in [6.07, 6.45) is 0. The lowest BCUT2D eigenvalue weighted by molar-refractivity contribution is -0.142. The van der Waals surface area contributed by atoms with Crippen molar-refractivity contribution in [3.63, 3.8) is 0 Å². The van der Waals surface area contributed by atoms with Gasteiger partial charge in [-0.25, -0.2) is 4.79 Å². The predicted molar refractivity (Wildman–Crippen MR) is 60.0 cm³/mol. The zero-order valence-corrected chi connectivity index (χ0v) is 9.91. The summed E-state index contributed by atoms with van der Waals surface area (Å²) in [5, 5.41) is 29.0. The maximum Gasteiger partial charge on any atom is 0.317 e. The van der Waals surface area contributed by atoms with E-state index in [0.717, 1.165) is 0 Å². The Morgan fingerprint density at radius 3 is 2.33 bits per heavy atom. The fourth-order valence-corrected chi connectivity index (χ4v) is 1.75. The van der Waals surface area contributed by atoms with E-state index in [9.17, 15) is 9.59 Å². The quantitative estimate of drug-likeness (QED) is 0.443. The third-order valence-corrected chi connectivity index (χ3v) is 2.73. The van der Waals surface area contributed by atoms with E-state index in [1.54, 1.807) is 0 Å². The van der Waals surface area contributed by atoms with E-state index in [2.05, 4.69) is 5.32 Å². The molecule has 0 bridgehead atoms. The third-order valence-electron chi connectivity index (χ3n) is 2.73. The molecule has 0 aromatic rings. The number of carboxylic acids is 1. The van der Waals surface area contributed by atoms with Gasteiger partial charge in [0.15, 0.2) is 0 Å². The van der Waals surface area contributed by atoms with Crippen LogP contribution in [0, 0.1) is 5.92 Å². The molecule has 104 valence electrons. The number of aliphatic hydroxyl groups is 2. The van der Waals surface area contributed by atoms with Crippen LogP contribution in [0.2, 0.25) is 0 Å². The Morgan fingerprint density at radius 2 is 1.83 bits per heavy atom. The van der Waals surface area contributed by atoms with Crippen molar-refractivity contribution in [3.05, 3.63) is 0 Å². The number of hydrogen-bond donors (Lipinski definition) is 4. The molecule has 0 saturated carbocycles. The molecule has 1 saturated heterocycles. The number of carboxylic acid groups (broad SMARTS) is 1. The van der Waals surface area contributed by atoms with Crippen molar-refractivity contribution in [2.45, 2.75) is 6.04 Å². The van der Waals surface area contributed by atoms with E-state index < -0.39 is 24.0 Å². The first-order chi connectivity index (χ1) is 8.60. The molecule has 1 heterocycles. The van der Waals surface area contributed by atoms with Crippen LogP contribution in [0.25, 0.3) is 0 Å². The topological polar surface area (TPSA) is 119 Å². The minimum absolute atomic E-state index is 0.0697. The van der Waals surface area contributed by atoms with Gasteiger partial charge in [-0.1, -0.05) is 0 Å². The zero-order chi connectivity index (χ0) is 13.5. The van der Waals surface area contributed by atoms with Crippen molar-refractivity contribution < 1.29 is 29.6 Å². The fourth-order valence-electron chi connectivity index (χ4n) is 1.75. The van der Waals surface area contributed by atoms with Gasteiger partial charge in [0.05, 0.1) is 32.5 Å². The van der Waals surface area contributed by atoms with Crippen LogP contribution in [0.3, 0.4) is 0 Å². The molecule has 1 aliphatic rings. The lowest BCUT2D eigenvalue weighted by atomic mass is 10.0. The van der Waals surface area contributed by atoms with Crippen molar-refractivity contribution in [2.75, 3.05) is 39.5 Å².